The average molecular weight is 99.0 g/mol. The predicted octanol–water partition coefficient (Wildman–Crippen LogP) is 0.598. The molecule has 0 aromatic rings. The summed E-state index contributed by atoms with van der Waals surface area (Å²) < 4.78 is 5.50. The van der Waals surface area contributed by atoms with Crippen molar-refractivity contribution in [3.05, 3.63) is 14.5 Å². The number of hydrogen-bond acceptors (Lipinski definition) is 1. The molecule has 0 saturated heterocycles. The Labute approximate surface area is 40.3 Å². The second kappa shape index (κ2) is 77.4. The summed E-state index contributed by atoms with van der Waals surface area (Å²) >= 11 is 0. The number of aliphatic hydroxyl groups excluding tert-OH is 1. The molecular weight excluding hydrogens is 91.0 g/mol. The van der Waals surface area contributed by atoms with Crippen molar-refractivity contribution < 1.29 is 25.0 Å². The van der Waals surface area contributed by atoms with E-state index in [1.807, 2.05) is 0 Å². The minimum atomic E-state index is 0. The zero-order valence-electron chi connectivity index (χ0n) is 3.31. The van der Waals surface area contributed by atoms with Gasteiger partial charge in [-0.1, -0.05) is 0 Å². The van der Waals surface area contributed by atoms with Gasteiger partial charge >= 0.3 is 18.6 Å². The summed E-state index contributed by atoms with van der Waals surface area (Å²) in [7, 11) is 4.75. The van der Waals surface area contributed by atoms with E-state index in [9.17, 15) is 0 Å². The second-order valence-electron chi connectivity index (χ2n) is 0. The second-order valence-corrected chi connectivity index (χ2v) is 0. The third-order valence-corrected chi connectivity index (χ3v) is 0. The molecule has 1 nitrogen and oxygen atoms in total. The molecule has 1 radical (unpaired) electrons. The molecule has 0 saturated carbocycles. The SMILES string of the molecule is [3H][CH2-].[CH2-]O.[V+2]. The molecule has 0 aliphatic carbocycles. The average Bonchev–Trinajstić information content (AvgIpc) is 1.50. The van der Waals surface area contributed by atoms with E-state index >= 15 is 0 Å². The molecule has 0 spiro atoms. The molecule has 0 aromatic carbocycles. The molecule has 1 N–H and O–H groups in total. The van der Waals surface area contributed by atoms with Crippen LogP contribution in [0.3, 0.4) is 0 Å². The zero-order valence-corrected chi connectivity index (χ0v) is 3.71. The first-order chi connectivity index (χ1) is 2.00. The van der Waals surface area contributed by atoms with Crippen molar-refractivity contribution in [1.82, 2.24) is 0 Å². The summed E-state index contributed by atoms with van der Waals surface area (Å²) in [6, 6.07) is 0. The van der Waals surface area contributed by atoms with Crippen LogP contribution in [0.15, 0.2) is 0 Å². The van der Waals surface area contributed by atoms with Gasteiger partial charge in [-0.3, -0.25) is 0 Å². The molecule has 25 valence electrons. The summed E-state index contributed by atoms with van der Waals surface area (Å²) in [6.45, 7) is 0. The van der Waals surface area contributed by atoms with E-state index in [1.165, 1.54) is 0 Å². The maximum atomic E-state index is 6.75. The van der Waals surface area contributed by atoms with E-state index < -0.39 is 0 Å². The van der Waals surface area contributed by atoms with E-state index in [-0.39, 0.29) is 18.6 Å². The molecule has 0 aliphatic rings. The van der Waals surface area contributed by atoms with Crippen molar-refractivity contribution in [1.29, 1.82) is 0 Å². The van der Waals surface area contributed by atoms with Crippen LogP contribution in [-0.2, 0) is 18.6 Å². The maximum Gasteiger partial charge on any atom is 2.00 e. The Morgan fingerprint density at radius 3 is 1.75 bits per heavy atom. The van der Waals surface area contributed by atoms with Gasteiger partial charge in [-0.15, -0.1) is 0 Å². The minimum Gasteiger partial charge on any atom is -0.569 e. The Morgan fingerprint density at radius 2 is 1.75 bits per heavy atom. The van der Waals surface area contributed by atoms with Crippen molar-refractivity contribution in [2.24, 2.45) is 0 Å². The Kier molecular flexibility index (Phi) is 171. The summed E-state index contributed by atoms with van der Waals surface area (Å²) in [4.78, 5) is 0. The van der Waals surface area contributed by atoms with Crippen LogP contribution in [0.2, 0.25) is 0 Å². The quantitative estimate of drug-likeness (QED) is 0.441. The molecule has 0 bridgehead atoms. The minimum absolute atomic E-state index is 0. The van der Waals surface area contributed by atoms with Crippen LogP contribution >= 0.6 is 0 Å². The normalized spacial score (nSPS) is 3.25. The van der Waals surface area contributed by atoms with Crippen LogP contribution in [0.1, 0.15) is 1.37 Å². The fraction of sp³-hybridized carbons (Fsp3) is 0. The molecule has 0 heterocycles. The number of aliphatic hydroxyl groups is 1. The van der Waals surface area contributed by atoms with Crippen LogP contribution in [-0.4, -0.2) is 5.11 Å². The van der Waals surface area contributed by atoms with E-state index in [1.54, 1.807) is 0 Å². The summed E-state index contributed by atoms with van der Waals surface area (Å²) in [6.07, 6.45) is 0. The van der Waals surface area contributed by atoms with Crippen LogP contribution in [0.5, 0.6) is 0 Å². The Hall–Kier alpha value is 0.544. The molecule has 0 rings (SSSR count). The van der Waals surface area contributed by atoms with Gasteiger partial charge in [0.15, 0.2) is 0 Å². The van der Waals surface area contributed by atoms with E-state index in [0.29, 0.717) is 0 Å². The smallest absolute Gasteiger partial charge is 0.569 e. The fourth-order valence-corrected chi connectivity index (χ4v) is 0. The van der Waals surface area contributed by atoms with Gasteiger partial charge in [0.2, 0.25) is 0 Å². The molecule has 0 atom stereocenters. The van der Waals surface area contributed by atoms with Crippen molar-refractivity contribution in [2.75, 3.05) is 0 Å². The Bertz CT molecular complexity index is 9.61. The third kappa shape index (κ3) is 20.5. The molecular formula is C2H6OV. The van der Waals surface area contributed by atoms with Gasteiger partial charge < -0.3 is 12.5 Å². The Balaban J connectivity index is -0.0000000133. The van der Waals surface area contributed by atoms with Gasteiger partial charge in [0.25, 0.3) is 0 Å². The van der Waals surface area contributed by atoms with Crippen molar-refractivity contribution in [2.45, 2.75) is 0 Å². The largest absolute Gasteiger partial charge is 2.00 e. The third-order valence-electron chi connectivity index (χ3n) is 0. The Morgan fingerprint density at radius 1 is 1.75 bits per heavy atom. The monoisotopic (exact) mass is 99.0 g/mol. The molecule has 0 amide bonds. The zero-order chi connectivity index (χ0) is 4.00. The van der Waals surface area contributed by atoms with Gasteiger partial charge in [-0.05, 0) is 0 Å². The van der Waals surface area contributed by atoms with E-state index in [2.05, 4.69) is 14.5 Å². The van der Waals surface area contributed by atoms with Crippen molar-refractivity contribution >= 4 is 0 Å². The van der Waals surface area contributed by atoms with Crippen LogP contribution in [0.25, 0.3) is 0 Å². The number of rotatable bonds is 0. The molecule has 2 heteroatoms. The molecule has 0 fully saturated rings. The van der Waals surface area contributed by atoms with Crippen LogP contribution < -0.4 is 0 Å². The molecule has 0 unspecified atom stereocenters. The molecule has 4 heavy (non-hydrogen) atoms. The first-order valence-corrected chi connectivity index (χ1v) is 0.316. The first-order valence-electron chi connectivity index (χ1n) is 1.02. The topological polar surface area (TPSA) is 20.2 Å². The van der Waals surface area contributed by atoms with Crippen molar-refractivity contribution in [3.8, 4) is 0 Å². The summed E-state index contributed by atoms with van der Waals surface area (Å²) in [5.74, 6) is 0. The predicted molar refractivity (Wildman–Crippen MR) is 13.7 cm³/mol. The van der Waals surface area contributed by atoms with Crippen molar-refractivity contribution in [3.63, 3.8) is 0 Å². The van der Waals surface area contributed by atoms with Gasteiger partial charge in [-0.25, -0.2) is 8.48 Å². The maximum absolute atomic E-state index is 6.75. The van der Waals surface area contributed by atoms with Gasteiger partial charge in [0, 0.05) is 0 Å². The van der Waals surface area contributed by atoms with Gasteiger partial charge in [0.05, 0.1) is 0 Å². The number of hydrogen-bond donors (Lipinski definition) is 1. The first kappa shape index (κ1) is 8.82. The van der Waals surface area contributed by atoms with Crippen LogP contribution in [0, 0.1) is 14.5 Å². The standard InChI is InChI=1S/CH3O.CH3.V/c1-2;;/h2H,1H2;1H3;/q2*-1;+2/i;1T;. The van der Waals surface area contributed by atoms with Crippen LogP contribution in [0.4, 0.5) is 0 Å². The van der Waals surface area contributed by atoms with Gasteiger partial charge in [-0.2, -0.15) is 0 Å². The fourth-order valence-electron chi connectivity index (χ4n) is 0. The summed E-state index contributed by atoms with van der Waals surface area (Å²) in [5.41, 5.74) is 0. The summed E-state index contributed by atoms with van der Waals surface area (Å²) in [5, 5.41) is 6.75. The molecule has 0 aromatic heterocycles. The van der Waals surface area contributed by atoms with Gasteiger partial charge in [0.1, 0.15) is 0 Å². The van der Waals surface area contributed by atoms with E-state index in [0.717, 1.165) is 0 Å². The van der Waals surface area contributed by atoms with E-state index in [4.69, 9.17) is 6.48 Å². The molecule has 0 aliphatic heterocycles.